The lowest BCUT2D eigenvalue weighted by Gasteiger charge is -2.16. The minimum absolute atomic E-state index is 0.0724. The Kier molecular flexibility index (Phi) is 4.56. The van der Waals surface area contributed by atoms with Gasteiger partial charge in [0.1, 0.15) is 5.15 Å². The molecule has 0 aliphatic heterocycles. The Labute approximate surface area is 104 Å². The molecule has 4 nitrogen and oxygen atoms in total. The van der Waals surface area contributed by atoms with Gasteiger partial charge in [0.15, 0.2) is 5.82 Å². The number of thioether (sulfide) groups is 1. The number of halogens is 1. The fourth-order valence-electron chi connectivity index (χ4n) is 0.838. The summed E-state index contributed by atoms with van der Waals surface area (Å²) in [5.74, 6) is 0.730. The second kappa shape index (κ2) is 5.50. The van der Waals surface area contributed by atoms with Gasteiger partial charge in [0.2, 0.25) is 5.91 Å². The highest BCUT2D eigenvalue weighted by Gasteiger charge is 2.13. The summed E-state index contributed by atoms with van der Waals surface area (Å²) >= 11 is 7.16. The van der Waals surface area contributed by atoms with Crippen molar-refractivity contribution in [3.8, 4) is 0 Å². The highest BCUT2D eigenvalue weighted by atomic mass is 35.5. The van der Waals surface area contributed by atoms with Crippen LogP contribution in [0.5, 0.6) is 0 Å². The monoisotopic (exact) mass is 259 g/mol. The fourth-order valence-corrected chi connectivity index (χ4v) is 1.57. The number of rotatable bonds is 3. The first-order valence-corrected chi connectivity index (χ1v) is 6.14. The molecule has 1 heterocycles. The van der Waals surface area contributed by atoms with Gasteiger partial charge in [0.05, 0.1) is 18.1 Å². The van der Waals surface area contributed by atoms with Crippen molar-refractivity contribution in [2.24, 2.45) is 0 Å². The maximum atomic E-state index is 11.5. The molecule has 0 aliphatic carbocycles. The van der Waals surface area contributed by atoms with Gasteiger partial charge in [-0.05, 0) is 0 Å². The van der Waals surface area contributed by atoms with E-state index in [1.165, 1.54) is 12.4 Å². The van der Waals surface area contributed by atoms with Crippen LogP contribution in [0, 0.1) is 0 Å². The second-order valence-corrected chi connectivity index (χ2v) is 6.36. The predicted molar refractivity (Wildman–Crippen MR) is 67.9 cm³/mol. The van der Waals surface area contributed by atoms with E-state index in [9.17, 15) is 4.79 Å². The number of nitrogens with one attached hydrogen (secondary N) is 1. The molecule has 0 radical (unpaired) electrons. The average molecular weight is 260 g/mol. The van der Waals surface area contributed by atoms with Crippen LogP contribution in [-0.4, -0.2) is 26.4 Å². The molecule has 0 spiro atoms. The highest BCUT2D eigenvalue weighted by Crippen LogP contribution is 2.22. The van der Waals surface area contributed by atoms with Crippen molar-refractivity contribution in [2.45, 2.75) is 25.5 Å². The highest BCUT2D eigenvalue weighted by molar-refractivity contribution is 8.01. The first kappa shape index (κ1) is 13.3. The molecule has 1 rings (SSSR count). The molecule has 0 fully saturated rings. The average Bonchev–Trinajstić information content (AvgIpc) is 2.18. The van der Waals surface area contributed by atoms with E-state index in [2.05, 4.69) is 36.1 Å². The van der Waals surface area contributed by atoms with Crippen molar-refractivity contribution in [1.82, 2.24) is 9.97 Å². The number of aromatic nitrogens is 2. The molecule has 0 saturated heterocycles. The Morgan fingerprint density at radius 3 is 2.62 bits per heavy atom. The molecule has 1 N–H and O–H groups in total. The SMILES string of the molecule is CC(C)(C)SCC(=O)Nc1cnc(Cl)cn1. The van der Waals surface area contributed by atoms with Crippen molar-refractivity contribution >= 4 is 35.1 Å². The van der Waals surface area contributed by atoms with Crippen LogP contribution in [-0.2, 0) is 4.79 Å². The van der Waals surface area contributed by atoms with Gasteiger partial charge in [0.25, 0.3) is 0 Å². The molecule has 6 heteroatoms. The number of carbonyl (C=O) groups excluding carboxylic acids is 1. The summed E-state index contributed by atoms with van der Waals surface area (Å²) in [5, 5.41) is 2.96. The predicted octanol–water partition coefficient (Wildman–Crippen LogP) is 2.60. The summed E-state index contributed by atoms with van der Waals surface area (Å²) in [7, 11) is 0. The van der Waals surface area contributed by atoms with Crippen LogP contribution < -0.4 is 5.32 Å². The molecule has 1 aromatic heterocycles. The van der Waals surface area contributed by atoms with E-state index in [1.807, 2.05) is 0 Å². The summed E-state index contributed by atoms with van der Waals surface area (Å²) < 4.78 is 0.0724. The third-order valence-electron chi connectivity index (χ3n) is 1.52. The van der Waals surface area contributed by atoms with Gasteiger partial charge in [0, 0.05) is 4.75 Å². The van der Waals surface area contributed by atoms with Crippen LogP contribution in [0.15, 0.2) is 12.4 Å². The molecule has 0 aromatic carbocycles. The normalized spacial score (nSPS) is 11.2. The summed E-state index contributed by atoms with van der Waals surface area (Å²) in [6.45, 7) is 6.19. The van der Waals surface area contributed by atoms with Gasteiger partial charge in [-0.15, -0.1) is 11.8 Å². The van der Waals surface area contributed by atoms with Crippen molar-refractivity contribution in [1.29, 1.82) is 0 Å². The van der Waals surface area contributed by atoms with Crippen LogP contribution in [0.1, 0.15) is 20.8 Å². The van der Waals surface area contributed by atoms with Crippen LogP contribution in [0.25, 0.3) is 0 Å². The molecule has 88 valence electrons. The smallest absolute Gasteiger partial charge is 0.235 e. The van der Waals surface area contributed by atoms with E-state index in [4.69, 9.17) is 11.6 Å². The summed E-state index contributed by atoms with van der Waals surface area (Å²) in [4.78, 5) is 19.3. The summed E-state index contributed by atoms with van der Waals surface area (Å²) in [5.41, 5.74) is 0. The number of anilines is 1. The molecular weight excluding hydrogens is 246 g/mol. The molecule has 0 bridgehead atoms. The van der Waals surface area contributed by atoms with Crippen molar-refractivity contribution in [2.75, 3.05) is 11.1 Å². The number of hydrogen-bond acceptors (Lipinski definition) is 4. The van der Waals surface area contributed by atoms with Gasteiger partial charge >= 0.3 is 0 Å². The number of hydrogen-bond donors (Lipinski definition) is 1. The third-order valence-corrected chi connectivity index (χ3v) is 2.99. The standard InChI is InChI=1S/C10H14ClN3OS/c1-10(2,3)16-6-9(15)14-8-5-12-7(11)4-13-8/h4-5H,6H2,1-3H3,(H,13,14,15). The molecular formula is C10H14ClN3OS. The zero-order valence-electron chi connectivity index (χ0n) is 9.45. The zero-order chi connectivity index (χ0) is 12.2. The van der Waals surface area contributed by atoms with Gasteiger partial charge < -0.3 is 5.32 Å². The summed E-state index contributed by atoms with van der Waals surface area (Å²) in [6.07, 6.45) is 2.83. The Bertz CT molecular complexity index is 361. The maximum absolute atomic E-state index is 11.5. The Morgan fingerprint density at radius 1 is 1.44 bits per heavy atom. The second-order valence-electron chi connectivity index (χ2n) is 4.17. The van der Waals surface area contributed by atoms with Crippen LogP contribution in [0.4, 0.5) is 5.82 Å². The van der Waals surface area contributed by atoms with E-state index in [0.29, 0.717) is 16.7 Å². The topological polar surface area (TPSA) is 54.9 Å². The van der Waals surface area contributed by atoms with Crippen molar-refractivity contribution in [3.05, 3.63) is 17.5 Å². The Morgan fingerprint density at radius 2 is 2.12 bits per heavy atom. The van der Waals surface area contributed by atoms with E-state index in [-0.39, 0.29) is 10.7 Å². The number of nitrogens with zero attached hydrogens (tertiary/aromatic N) is 2. The number of amides is 1. The minimum Gasteiger partial charge on any atom is -0.309 e. The van der Waals surface area contributed by atoms with Crippen molar-refractivity contribution in [3.63, 3.8) is 0 Å². The lowest BCUT2D eigenvalue weighted by Crippen LogP contribution is -2.19. The van der Waals surface area contributed by atoms with Gasteiger partial charge in [-0.25, -0.2) is 9.97 Å². The fraction of sp³-hybridized carbons (Fsp3) is 0.500. The van der Waals surface area contributed by atoms with E-state index < -0.39 is 0 Å². The third kappa shape index (κ3) is 5.32. The van der Waals surface area contributed by atoms with E-state index in [1.54, 1.807) is 11.8 Å². The van der Waals surface area contributed by atoms with Crippen LogP contribution >= 0.6 is 23.4 Å². The zero-order valence-corrected chi connectivity index (χ0v) is 11.0. The molecule has 1 amide bonds. The first-order chi connectivity index (χ1) is 7.37. The van der Waals surface area contributed by atoms with Crippen molar-refractivity contribution < 1.29 is 4.79 Å². The largest absolute Gasteiger partial charge is 0.309 e. The van der Waals surface area contributed by atoms with Gasteiger partial charge in [-0.3, -0.25) is 4.79 Å². The number of carbonyl (C=O) groups is 1. The summed E-state index contributed by atoms with van der Waals surface area (Å²) in [6, 6.07) is 0. The lowest BCUT2D eigenvalue weighted by molar-refractivity contribution is -0.113. The lowest BCUT2D eigenvalue weighted by atomic mass is 10.3. The van der Waals surface area contributed by atoms with E-state index >= 15 is 0 Å². The van der Waals surface area contributed by atoms with Gasteiger partial charge in [-0.1, -0.05) is 32.4 Å². The molecule has 0 atom stereocenters. The Hall–Kier alpha value is -0.810. The molecule has 16 heavy (non-hydrogen) atoms. The Balaban J connectivity index is 2.43. The molecule has 0 saturated carbocycles. The molecule has 1 aromatic rings. The molecule has 0 aliphatic rings. The molecule has 0 unspecified atom stereocenters. The van der Waals surface area contributed by atoms with E-state index in [0.717, 1.165) is 0 Å². The van der Waals surface area contributed by atoms with Gasteiger partial charge in [-0.2, -0.15) is 0 Å². The quantitative estimate of drug-likeness (QED) is 0.907. The van der Waals surface area contributed by atoms with Crippen LogP contribution in [0.3, 0.4) is 0 Å². The minimum atomic E-state index is -0.0865. The van der Waals surface area contributed by atoms with Crippen LogP contribution in [0.2, 0.25) is 5.15 Å². The first-order valence-electron chi connectivity index (χ1n) is 4.78. The maximum Gasteiger partial charge on any atom is 0.235 e.